The van der Waals surface area contributed by atoms with Gasteiger partial charge in [0.2, 0.25) is 0 Å². The van der Waals surface area contributed by atoms with Crippen LogP contribution in [0.2, 0.25) is 5.02 Å². The molecule has 0 atom stereocenters. The number of nitriles is 1. The lowest BCUT2D eigenvalue weighted by molar-refractivity contribution is 0.0951. The Labute approximate surface area is 139 Å². The number of rotatable bonds is 6. The van der Waals surface area contributed by atoms with Gasteiger partial charge in [-0.2, -0.15) is 5.26 Å². The third kappa shape index (κ3) is 4.46. The molecular weight excluding hydrogens is 316 g/mol. The van der Waals surface area contributed by atoms with E-state index in [1.165, 1.54) is 6.07 Å². The highest BCUT2D eigenvalue weighted by Crippen LogP contribution is 2.31. The Hall–Kier alpha value is -2.55. The van der Waals surface area contributed by atoms with Gasteiger partial charge < -0.3 is 15.2 Å². The first-order valence-corrected chi connectivity index (χ1v) is 7.39. The van der Waals surface area contributed by atoms with Crippen LogP contribution in [0.1, 0.15) is 22.3 Å². The third-order valence-electron chi connectivity index (χ3n) is 3.04. The normalized spacial score (nSPS) is 9.96. The van der Waals surface area contributed by atoms with Crippen LogP contribution in [0.4, 0.5) is 0 Å². The number of para-hydroxylation sites is 1. The molecule has 0 aliphatic carbocycles. The Bertz CT molecular complexity index is 741. The second kappa shape index (κ2) is 8.18. The Morgan fingerprint density at radius 2 is 2.04 bits per heavy atom. The number of ether oxygens (including phenoxy) is 1. The highest BCUT2D eigenvalue weighted by Gasteiger charge is 2.11. The summed E-state index contributed by atoms with van der Waals surface area (Å²) in [5.74, 6) is 0.489. The average molecular weight is 331 g/mol. The number of hydrogen-bond acceptors (Lipinski definition) is 4. The zero-order chi connectivity index (χ0) is 16.7. The van der Waals surface area contributed by atoms with Crippen molar-refractivity contribution in [2.24, 2.45) is 0 Å². The van der Waals surface area contributed by atoms with Crippen LogP contribution in [0, 0.1) is 11.3 Å². The first-order chi connectivity index (χ1) is 11.2. The average Bonchev–Trinajstić information content (AvgIpc) is 2.57. The zero-order valence-corrected chi connectivity index (χ0v) is 13.0. The molecule has 0 fully saturated rings. The monoisotopic (exact) mass is 330 g/mol. The minimum atomic E-state index is -0.274. The van der Waals surface area contributed by atoms with Gasteiger partial charge in [0.25, 0.3) is 5.91 Å². The van der Waals surface area contributed by atoms with Crippen LogP contribution in [0.15, 0.2) is 42.5 Å². The number of carbonyl (C=O) groups is 1. The van der Waals surface area contributed by atoms with E-state index in [0.717, 1.165) is 0 Å². The molecule has 0 aliphatic heterocycles. The van der Waals surface area contributed by atoms with Gasteiger partial charge in [0.1, 0.15) is 17.6 Å². The molecule has 23 heavy (non-hydrogen) atoms. The van der Waals surface area contributed by atoms with E-state index >= 15 is 0 Å². The van der Waals surface area contributed by atoms with Crippen molar-refractivity contribution < 1.29 is 14.6 Å². The van der Waals surface area contributed by atoms with E-state index in [-0.39, 0.29) is 17.5 Å². The van der Waals surface area contributed by atoms with Crippen molar-refractivity contribution in [1.82, 2.24) is 5.32 Å². The number of benzene rings is 2. The predicted octanol–water partition coefficient (Wildman–Crippen LogP) is 3.12. The summed E-state index contributed by atoms with van der Waals surface area (Å²) in [5.41, 5.74) is 0.795. The molecule has 6 heteroatoms. The lowest BCUT2D eigenvalue weighted by Crippen LogP contribution is -2.24. The molecule has 0 radical (unpaired) electrons. The summed E-state index contributed by atoms with van der Waals surface area (Å²) in [5, 5.41) is 20.7. The lowest BCUT2D eigenvalue weighted by Gasteiger charge is -2.10. The fraction of sp³-hybridized carbons (Fsp3) is 0.176. The fourth-order valence-corrected chi connectivity index (χ4v) is 2.09. The van der Waals surface area contributed by atoms with E-state index < -0.39 is 0 Å². The van der Waals surface area contributed by atoms with E-state index in [4.69, 9.17) is 26.7 Å². The van der Waals surface area contributed by atoms with Crippen molar-refractivity contribution in [2.45, 2.75) is 6.42 Å². The Morgan fingerprint density at radius 1 is 1.26 bits per heavy atom. The van der Waals surface area contributed by atoms with Crippen molar-refractivity contribution in [3.63, 3.8) is 0 Å². The summed E-state index contributed by atoms with van der Waals surface area (Å²) in [7, 11) is 0. The summed E-state index contributed by atoms with van der Waals surface area (Å²) in [6.45, 7) is 0.410. The molecule has 0 unspecified atom stereocenters. The van der Waals surface area contributed by atoms with Crippen molar-refractivity contribution >= 4 is 17.5 Å². The predicted molar refractivity (Wildman–Crippen MR) is 86.7 cm³/mol. The summed E-state index contributed by atoms with van der Waals surface area (Å²) >= 11 is 6.15. The number of halogens is 1. The number of hydrogen-bond donors (Lipinski definition) is 2. The number of aliphatic hydroxyl groups is 1. The second-order valence-corrected chi connectivity index (χ2v) is 5.10. The molecule has 1 amide bonds. The van der Waals surface area contributed by atoms with Crippen LogP contribution in [0.5, 0.6) is 11.5 Å². The molecule has 0 heterocycles. The van der Waals surface area contributed by atoms with Crippen LogP contribution in [-0.2, 0) is 0 Å². The van der Waals surface area contributed by atoms with Gasteiger partial charge in [0.05, 0.1) is 10.6 Å². The molecule has 2 aromatic carbocycles. The maximum absolute atomic E-state index is 11.9. The first kappa shape index (κ1) is 16.8. The van der Waals surface area contributed by atoms with E-state index in [0.29, 0.717) is 35.6 Å². The first-order valence-electron chi connectivity index (χ1n) is 7.01. The van der Waals surface area contributed by atoms with Crippen molar-refractivity contribution in [2.75, 3.05) is 13.2 Å². The smallest absolute Gasteiger partial charge is 0.251 e. The summed E-state index contributed by atoms with van der Waals surface area (Å²) in [6, 6.07) is 13.5. The molecule has 0 aliphatic rings. The van der Waals surface area contributed by atoms with Gasteiger partial charge in [-0.1, -0.05) is 23.7 Å². The van der Waals surface area contributed by atoms with Gasteiger partial charge in [-0.15, -0.1) is 0 Å². The summed E-state index contributed by atoms with van der Waals surface area (Å²) in [4.78, 5) is 11.9. The highest BCUT2D eigenvalue weighted by atomic mass is 35.5. The van der Waals surface area contributed by atoms with E-state index in [2.05, 4.69) is 5.32 Å². The summed E-state index contributed by atoms with van der Waals surface area (Å²) in [6.07, 6.45) is 0.492. The number of carbonyl (C=O) groups excluding carboxylic acids is 1. The summed E-state index contributed by atoms with van der Waals surface area (Å²) < 4.78 is 5.65. The topological polar surface area (TPSA) is 82.3 Å². The Morgan fingerprint density at radius 3 is 2.74 bits per heavy atom. The molecule has 118 valence electrons. The molecule has 2 rings (SSSR count). The van der Waals surface area contributed by atoms with Gasteiger partial charge in [-0.05, 0) is 36.8 Å². The van der Waals surface area contributed by atoms with Crippen LogP contribution in [-0.4, -0.2) is 24.2 Å². The van der Waals surface area contributed by atoms with E-state index in [9.17, 15) is 4.79 Å². The second-order valence-electron chi connectivity index (χ2n) is 4.69. The third-order valence-corrected chi connectivity index (χ3v) is 3.34. The fourth-order valence-electron chi connectivity index (χ4n) is 1.87. The van der Waals surface area contributed by atoms with E-state index in [1.807, 2.05) is 6.07 Å². The van der Waals surface area contributed by atoms with Crippen molar-refractivity contribution in [3.05, 3.63) is 58.6 Å². The standard InChI is InChI=1S/C17H15ClN2O3/c18-14-10-12(17(22)20-8-3-9-21)6-7-16(14)23-15-5-2-1-4-13(15)11-19/h1-2,4-7,10,21H,3,8-9H2,(H,20,22). The highest BCUT2D eigenvalue weighted by molar-refractivity contribution is 6.32. The Balaban J connectivity index is 2.13. The number of aliphatic hydroxyl groups excluding tert-OH is 1. The molecule has 0 aromatic heterocycles. The SMILES string of the molecule is N#Cc1ccccc1Oc1ccc(C(=O)NCCCO)cc1Cl. The molecule has 2 aromatic rings. The number of nitrogens with zero attached hydrogens (tertiary/aromatic N) is 1. The largest absolute Gasteiger partial charge is 0.454 e. The minimum absolute atomic E-state index is 0.0200. The maximum Gasteiger partial charge on any atom is 0.251 e. The van der Waals surface area contributed by atoms with Gasteiger partial charge >= 0.3 is 0 Å². The maximum atomic E-state index is 11.9. The quantitative estimate of drug-likeness (QED) is 0.797. The van der Waals surface area contributed by atoms with Crippen LogP contribution in [0.3, 0.4) is 0 Å². The zero-order valence-electron chi connectivity index (χ0n) is 12.3. The lowest BCUT2D eigenvalue weighted by atomic mass is 10.2. The van der Waals surface area contributed by atoms with Crippen LogP contribution in [0.25, 0.3) is 0 Å². The number of nitrogens with one attached hydrogen (secondary N) is 1. The molecule has 0 bridgehead atoms. The molecule has 0 saturated carbocycles. The van der Waals surface area contributed by atoms with Gasteiger partial charge in [-0.3, -0.25) is 4.79 Å². The van der Waals surface area contributed by atoms with Gasteiger partial charge in [-0.25, -0.2) is 0 Å². The van der Waals surface area contributed by atoms with Crippen LogP contribution >= 0.6 is 11.6 Å². The molecule has 5 nitrogen and oxygen atoms in total. The molecular formula is C17H15ClN2O3. The molecule has 0 spiro atoms. The van der Waals surface area contributed by atoms with Crippen LogP contribution < -0.4 is 10.1 Å². The van der Waals surface area contributed by atoms with Crippen molar-refractivity contribution in [3.8, 4) is 17.6 Å². The minimum Gasteiger partial charge on any atom is -0.454 e. The number of amides is 1. The van der Waals surface area contributed by atoms with E-state index in [1.54, 1.807) is 36.4 Å². The van der Waals surface area contributed by atoms with Gasteiger partial charge in [0, 0.05) is 18.7 Å². The van der Waals surface area contributed by atoms with Crippen molar-refractivity contribution in [1.29, 1.82) is 5.26 Å². The Kier molecular flexibility index (Phi) is 5.98. The van der Waals surface area contributed by atoms with Gasteiger partial charge in [0.15, 0.2) is 0 Å². The molecule has 0 saturated heterocycles. The molecule has 2 N–H and O–H groups in total.